The molecule has 32 heavy (non-hydrogen) atoms. The van der Waals surface area contributed by atoms with Crippen molar-refractivity contribution in [1.82, 2.24) is 15.5 Å². The number of aliphatic imine (C=N–C) groups is 1. The van der Waals surface area contributed by atoms with Crippen LogP contribution in [0.25, 0.3) is 0 Å². The second-order valence-electron chi connectivity index (χ2n) is 7.09. The molecular weight excluding hydrogens is 522 g/mol. The van der Waals surface area contributed by atoms with Crippen LogP contribution in [0.1, 0.15) is 43.1 Å². The first kappa shape index (κ1) is 27.7. The van der Waals surface area contributed by atoms with Crippen molar-refractivity contribution in [2.75, 3.05) is 26.7 Å². The van der Waals surface area contributed by atoms with Crippen LogP contribution < -0.4 is 15.4 Å². The maximum absolute atomic E-state index is 13.4. The molecule has 2 aromatic carbocycles. The van der Waals surface area contributed by atoms with Crippen molar-refractivity contribution >= 4 is 35.8 Å². The molecular formula is C24H34FIN4O2. The minimum absolute atomic E-state index is 0. The van der Waals surface area contributed by atoms with E-state index in [4.69, 9.17) is 4.74 Å². The lowest BCUT2D eigenvalue weighted by molar-refractivity contribution is 0.0773. The van der Waals surface area contributed by atoms with Gasteiger partial charge in [0.05, 0.1) is 6.54 Å². The van der Waals surface area contributed by atoms with Crippen molar-refractivity contribution in [2.24, 2.45) is 4.99 Å². The zero-order chi connectivity index (χ0) is 22.6. The Morgan fingerprint density at radius 1 is 1.09 bits per heavy atom. The normalized spacial score (nSPS) is 11.8. The fourth-order valence-corrected chi connectivity index (χ4v) is 3.08. The van der Waals surface area contributed by atoms with Gasteiger partial charge in [-0.25, -0.2) is 4.39 Å². The summed E-state index contributed by atoms with van der Waals surface area (Å²) in [5.74, 6) is 0.883. The molecule has 2 rings (SSSR count). The number of halogens is 2. The molecule has 176 valence electrons. The summed E-state index contributed by atoms with van der Waals surface area (Å²) in [6, 6.07) is 13.7. The molecule has 1 atom stereocenters. The Bertz CT molecular complexity index is 857. The largest absolute Gasteiger partial charge is 0.489 e. The van der Waals surface area contributed by atoms with Gasteiger partial charge in [-0.3, -0.25) is 9.79 Å². The summed E-state index contributed by atoms with van der Waals surface area (Å²) in [5, 5.41) is 6.50. The van der Waals surface area contributed by atoms with Crippen LogP contribution in [-0.2, 0) is 6.54 Å². The summed E-state index contributed by atoms with van der Waals surface area (Å²) in [6.07, 6.45) is 0.647. The van der Waals surface area contributed by atoms with Crippen LogP contribution in [0.15, 0.2) is 53.5 Å². The number of carbonyl (C=O) groups excluding carboxylic acids is 1. The van der Waals surface area contributed by atoms with E-state index in [-0.39, 0.29) is 41.8 Å². The van der Waals surface area contributed by atoms with E-state index >= 15 is 0 Å². The molecule has 1 unspecified atom stereocenters. The van der Waals surface area contributed by atoms with Crippen LogP contribution in [0.2, 0.25) is 0 Å². The first-order valence-electron chi connectivity index (χ1n) is 10.8. The van der Waals surface area contributed by atoms with Crippen molar-refractivity contribution in [2.45, 2.75) is 39.8 Å². The SMILES string of the molecule is CCC(CNC(=NC)NCc1ccc(C(=O)N(CC)CC)cc1)Oc1cccc(F)c1.I. The van der Waals surface area contributed by atoms with E-state index in [2.05, 4.69) is 15.6 Å². The zero-order valence-electron chi connectivity index (χ0n) is 19.2. The van der Waals surface area contributed by atoms with Gasteiger partial charge in [-0.15, -0.1) is 24.0 Å². The fraction of sp³-hybridized carbons (Fsp3) is 0.417. The molecule has 0 saturated carbocycles. The summed E-state index contributed by atoms with van der Waals surface area (Å²) < 4.78 is 19.2. The standard InChI is InChI=1S/C24H33FN4O2.HI/c1-5-21(31-22-10-8-9-20(25)15-22)17-28-24(26-4)27-16-18-11-13-19(14-12-18)23(30)29(6-2)7-3;/h8-15,21H,5-7,16-17H2,1-4H3,(H2,26,27,28);1H. The monoisotopic (exact) mass is 556 g/mol. The van der Waals surface area contributed by atoms with Gasteiger partial charge in [-0.2, -0.15) is 0 Å². The average molecular weight is 556 g/mol. The number of amides is 1. The van der Waals surface area contributed by atoms with E-state index in [1.807, 2.05) is 45.0 Å². The molecule has 0 aromatic heterocycles. The summed E-state index contributed by atoms with van der Waals surface area (Å²) >= 11 is 0. The molecule has 2 aromatic rings. The Morgan fingerprint density at radius 3 is 2.34 bits per heavy atom. The summed E-state index contributed by atoms with van der Waals surface area (Å²) in [7, 11) is 1.70. The Kier molecular flexibility index (Phi) is 12.7. The van der Waals surface area contributed by atoms with Gasteiger partial charge in [0.15, 0.2) is 5.96 Å². The molecule has 2 N–H and O–H groups in total. The highest BCUT2D eigenvalue weighted by atomic mass is 127. The van der Waals surface area contributed by atoms with E-state index < -0.39 is 0 Å². The molecule has 0 aliphatic heterocycles. The predicted molar refractivity (Wildman–Crippen MR) is 138 cm³/mol. The van der Waals surface area contributed by atoms with Crippen LogP contribution in [0.5, 0.6) is 5.75 Å². The van der Waals surface area contributed by atoms with Gasteiger partial charge in [0, 0.05) is 38.3 Å². The highest BCUT2D eigenvalue weighted by Gasteiger charge is 2.12. The second-order valence-corrected chi connectivity index (χ2v) is 7.09. The quantitative estimate of drug-likeness (QED) is 0.258. The lowest BCUT2D eigenvalue weighted by atomic mass is 10.1. The van der Waals surface area contributed by atoms with Gasteiger partial charge in [-0.05, 0) is 50.1 Å². The van der Waals surface area contributed by atoms with Crippen molar-refractivity contribution < 1.29 is 13.9 Å². The van der Waals surface area contributed by atoms with Gasteiger partial charge in [0.1, 0.15) is 17.7 Å². The number of hydrogen-bond acceptors (Lipinski definition) is 3. The minimum Gasteiger partial charge on any atom is -0.489 e. The maximum Gasteiger partial charge on any atom is 0.253 e. The number of rotatable bonds is 10. The third-order valence-corrected chi connectivity index (χ3v) is 4.99. The number of nitrogens with one attached hydrogen (secondary N) is 2. The van der Waals surface area contributed by atoms with Crippen molar-refractivity contribution in [3.63, 3.8) is 0 Å². The predicted octanol–water partition coefficient (Wildman–Crippen LogP) is 4.45. The smallest absolute Gasteiger partial charge is 0.253 e. The van der Waals surface area contributed by atoms with Crippen molar-refractivity contribution in [3.05, 3.63) is 65.5 Å². The summed E-state index contributed by atoms with van der Waals surface area (Å²) in [6.45, 7) is 8.47. The van der Waals surface area contributed by atoms with Crippen molar-refractivity contribution in [1.29, 1.82) is 0 Å². The van der Waals surface area contributed by atoms with Crippen LogP contribution in [0, 0.1) is 5.82 Å². The lowest BCUT2D eigenvalue weighted by Crippen LogP contribution is -2.42. The van der Waals surface area contributed by atoms with Gasteiger partial charge in [-0.1, -0.05) is 25.1 Å². The third-order valence-electron chi connectivity index (χ3n) is 4.99. The topological polar surface area (TPSA) is 66.0 Å². The number of guanidine groups is 1. The molecule has 0 heterocycles. The van der Waals surface area contributed by atoms with Gasteiger partial charge < -0.3 is 20.3 Å². The first-order valence-corrected chi connectivity index (χ1v) is 10.8. The molecule has 0 aliphatic rings. The molecule has 8 heteroatoms. The van der Waals surface area contributed by atoms with Crippen LogP contribution in [-0.4, -0.2) is 49.6 Å². The first-order chi connectivity index (χ1) is 15.0. The van der Waals surface area contributed by atoms with Crippen molar-refractivity contribution in [3.8, 4) is 5.75 Å². The molecule has 0 radical (unpaired) electrons. The van der Waals surface area contributed by atoms with Crippen LogP contribution in [0.4, 0.5) is 4.39 Å². The number of carbonyl (C=O) groups is 1. The lowest BCUT2D eigenvalue weighted by Gasteiger charge is -2.20. The molecule has 0 fully saturated rings. The molecule has 1 amide bonds. The van der Waals surface area contributed by atoms with Gasteiger partial charge in [0.2, 0.25) is 0 Å². The molecule has 0 aliphatic carbocycles. The fourth-order valence-electron chi connectivity index (χ4n) is 3.08. The number of hydrogen-bond donors (Lipinski definition) is 2. The summed E-state index contributed by atoms with van der Waals surface area (Å²) in [5.41, 5.74) is 1.73. The van der Waals surface area contributed by atoms with E-state index in [0.29, 0.717) is 43.5 Å². The molecule has 0 spiro atoms. The van der Waals surface area contributed by atoms with E-state index in [1.165, 1.54) is 12.1 Å². The third kappa shape index (κ3) is 8.64. The zero-order valence-corrected chi connectivity index (χ0v) is 21.6. The highest BCUT2D eigenvalue weighted by molar-refractivity contribution is 14.0. The van der Waals surface area contributed by atoms with E-state index in [1.54, 1.807) is 24.1 Å². The van der Waals surface area contributed by atoms with Gasteiger partial charge in [0.25, 0.3) is 5.91 Å². The van der Waals surface area contributed by atoms with E-state index in [9.17, 15) is 9.18 Å². The molecule has 0 saturated heterocycles. The Morgan fingerprint density at radius 2 is 1.78 bits per heavy atom. The van der Waals surface area contributed by atoms with Crippen LogP contribution >= 0.6 is 24.0 Å². The molecule has 6 nitrogen and oxygen atoms in total. The highest BCUT2D eigenvalue weighted by Crippen LogP contribution is 2.14. The molecule has 0 bridgehead atoms. The maximum atomic E-state index is 13.4. The van der Waals surface area contributed by atoms with E-state index in [0.717, 1.165) is 12.0 Å². The minimum atomic E-state index is -0.317. The second kappa shape index (κ2) is 14.7. The number of ether oxygens (including phenoxy) is 1. The Hall–Kier alpha value is -2.36. The summed E-state index contributed by atoms with van der Waals surface area (Å²) in [4.78, 5) is 18.4. The van der Waals surface area contributed by atoms with Gasteiger partial charge >= 0.3 is 0 Å². The Balaban J connectivity index is 0.00000512. The number of benzene rings is 2. The average Bonchev–Trinajstić information content (AvgIpc) is 2.79. The number of nitrogens with zero attached hydrogens (tertiary/aromatic N) is 2. The van der Waals surface area contributed by atoms with Crippen LogP contribution in [0.3, 0.4) is 0 Å². The Labute approximate surface area is 207 Å².